The number of hydrazine groups is 1. The van der Waals surface area contributed by atoms with E-state index in [9.17, 15) is 14.0 Å². The minimum atomic E-state index is -0.791. The Labute approximate surface area is 188 Å². The van der Waals surface area contributed by atoms with Crippen LogP contribution < -0.4 is 16.6 Å². The highest BCUT2D eigenvalue weighted by atomic mass is 19.1. The van der Waals surface area contributed by atoms with Gasteiger partial charge in [-0.15, -0.1) is 0 Å². The van der Waals surface area contributed by atoms with Gasteiger partial charge in [0.25, 0.3) is 0 Å². The number of nitrogens with one attached hydrogen (secondary N) is 2. The molecule has 2 aromatic rings. The van der Waals surface area contributed by atoms with Crippen molar-refractivity contribution in [3.63, 3.8) is 0 Å². The molecule has 3 unspecified atom stereocenters. The van der Waals surface area contributed by atoms with Gasteiger partial charge in [-0.1, -0.05) is 50.2 Å². The second-order valence-corrected chi connectivity index (χ2v) is 9.47. The van der Waals surface area contributed by atoms with E-state index in [4.69, 9.17) is 5.73 Å². The smallest absolute Gasteiger partial charge is 0.241 e. The fourth-order valence-electron chi connectivity index (χ4n) is 4.79. The number of hydrogen-bond acceptors (Lipinski definition) is 4. The lowest BCUT2D eigenvalue weighted by Crippen LogP contribution is -2.47. The van der Waals surface area contributed by atoms with Crippen LogP contribution in [0.25, 0.3) is 11.1 Å². The summed E-state index contributed by atoms with van der Waals surface area (Å²) in [6, 6.07) is 14.2. The van der Waals surface area contributed by atoms with E-state index in [-0.39, 0.29) is 29.7 Å². The summed E-state index contributed by atoms with van der Waals surface area (Å²) >= 11 is 0. The maximum Gasteiger partial charge on any atom is 0.241 e. The third kappa shape index (κ3) is 4.54. The number of nitrogens with two attached hydrogens (primary N) is 1. The van der Waals surface area contributed by atoms with Gasteiger partial charge in [-0.3, -0.25) is 15.0 Å². The van der Waals surface area contributed by atoms with Crippen LogP contribution in [0.1, 0.15) is 32.3 Å². The van der Waals surface area contributed by atoms with Crippen molar-refractivity contribution in [2.75, 3.05) is 13.1 Å². The van der Waals surface area contributed by atoms with Crippen LogP contribution in [0, 0.1) is 17.2 Å². The number of amides is 2. The zero-order valence-corrected chi connectivity index (χ0v) is 18.6. The summed E-state index contributed by atoms with van der Waals surface area (Å²) < 4.78 is 13.3. The van der Waals surface area contributed by atoms with Crippen molar-refractivity contribution in [2.45, 2.75) is 45.2 Å². The average molecular weight is 439 g/mol. The maximum absolute atomic E-state index is 13.3. The number of halogens is 1. The van der Waals surface area contributed by atoms with Crippen LogP contribution in [0.15, 0.2) is 48.5 Å². The lowest BCUT2D eigenvalue weighted by atomic mass is 9.79. The van der Waals surface area contributed by atoms with Crippen molar-refractivity contribution in [1.82, 2.24) is 15.8 Å². The van der Waals surface area contributed by atoms with Crippen LogP contribution in [-0.4, -0.2) is 41.9 Å². The van der Waals surface area contributed by atoms with Crippen LogP contribution in [0.4, 0.5) is 4.39 Å². The molecular formula is C25H31FN4O2. The van der Waals surface area contributed by atoms with Gasteiger partial charge in [-0.25, -0.2) is 9.82 Å². The highest BCUT2D eigenvalue weighted by Gasteiger charge is 2.46. The predicted molar refractivity (Wildman–Crippen MR) is 122 cm³/mol. The van der Waals surface area contributed by atoms with E-state index in [1.54, 1.807) is 17.0 Å². The maximum atomic E-state index is 13.3. The molecule has 2 heterocycles. The first-order valence-electron chi connectivity index (χ1n) is 11.2. The Morgan fingerprint density at radius 3 is 2.56 bits per heavy atom. The van der Waals surface area contributed by atoms with E-state index in [1.165, 1.54) is 12.1 Å². The molecule has 32 heavy (non-hydrogen) atoms. The van der Waals surface area contributed by atoms with Crippen molar-refractivity contribution >= 4 is 11.8 Å². The third-order valence-corrected chi connectivity index (χ3v) is 6.87. The van der Waals surface area contributed by atoms with E-state index in [2.05, 4.69) is 24.7 Å². The summed E-state index contributed by atoms with van der Waals surface area (Å²) in [6.07, 6.45) is 1.74. The van der Waals surface area contributed by atoms with E-state index in [0.717, 1.165) is 23.1 Å². The van der Waals surface area contributed by atoms with Gasteiger partial charge in [-0.05, 0) is 54.0 Å². The van der Waals surface area contributed by atoms with Crippen LogP contribution in [0.3, 0.4) is 0 Å². The molecular weight excluding hydrogens is 407 g/mol. The van der Waals surface area contributed by atoms with Crippen LogP contribution in [-0.2, 0) is 16.0 Å². The molecule has 0 aromatic heterocycles. The summed E-state index contributed by atoms with van der Waals surface area (Å²) in [5, 5.41) is 0. The second-order valence-electron chi connectivity index (χ2n) is 9.47. The van der Waals surface area contributed by atoms with Crippen LogP contribution >= 0.6 is 0 Å². The number of carbonyl (C=O) groups is 2. The minimum absolute atomic E-state index is 0.0174. The fourth-order valence-corrected chi connectivity index (χ4v) is 4.79. The minimum Gasteiger partial charge on any atom is -0.369 e. The molecule has 0 aliphatic carbocycles. The van der Waals surface area contributed by atoms with Gasteiger partial charge in [-0.2, -0.15) is 0 Å². The zero-order chi connectivity index (χ0) is 22.9. The van der Waals surface area contributed by atoms with Crippen LogP contribution in [0.2, 0.25) is 0 Å². The molecule has 7 heteroatoms. The molecule has 4 rings (SSSR count). The van der Waals surface area contributed by atoms with Gasteiger partial charge < -0.3 is 10.6 Å². The Bertz CT molecular complexity index is 994. The van der Waals surface area contributed by atoms with Crippen molar-refractivity contribution in [3.05, 3.63) is 59.9 Å². The fraction of sp³-hybridized carbons (Fsp3) is 0.440. The van der Waals surface area contributed by atoms with Gasteiger partial charge in [0.1, 0.15) is 11.9 Å². The molecule has 4 N–H and O–H groups in total. The third-order valence-electron chi connectivity index (χ3n) is 6.87. The molecule has 6 nitrogen and oxygen atoms in total. The summed E-state index contributed by atoms with van der Waals surface area (Å²) in [7, 11) is 0. The normalized spacial score (nSPS) is 25.4. The molecule has 2 fully saturated rings. The van der Waals surface area contributed by atoms with Gasteiger partial charge in [0.05, 0.1) is 5.41 Å². The van der Waals surface area contributed by atoms with E-state index < -0.39 is 5.41 Å². The van der Waals surface area contributed by atoms with Gasteiger partial charge >= 0.3 is 0 Å². The summed E-state index contributed by atoms with van der Waals surface area (Å²) in [6.45, 7) is 5.09. The quantitative estimate of drug-likeness (QED) is 0.647. The molecule has 2 aliphatic heterocycles. The second kappa shape index (κ2) is 9.00. The number of carbonyl (C=O) groups excluding carboxylic acids is 2. The molecule has 2 amide bonds. The molecule has 2 aliphatic rings. The Morgan fingerprint density at radius 2 is 1.91 bits per heavy atom. The molecule has 0 radical (unpaired) electrons. The van der Waals surface area contributed by atoms with Crippen molar-refractivity contribution in [1.29, 1.82) is 0 Å². The number of rotatable bonds is 6. The lowest BCUT2D eigenvalue weighted by molar-refractivity contribution is -0.133. The summed E-state index contributed by atoms with van der Waals surface area (Å²) in [5.41, 5.74) is 14.2. The van der Waals surface area contributed by atoms with E-state index in [0.29, 0.717) is 31.8 Å². The number of likely N-dealkylation sites (tertiary alicyclic amines) is 1. The van der Waals surface area contributed by atoms with E-state index >= 15 is 0 Å². The zero-order valence-electron chi connectivity index (χ0n) is 18.6. The molecule has 0 saturated carbocycles. The Morgan fingerprint density at radius 1 is 1.16 bits per heavy atom. The SMILES string of the molecule is CC(C)C1CC(C(=O)N2CCC(Cc3cccc(-c4ccc(F)cc4)c3)(C(N)=O)C2)NN1. The first-order valence-corrected chi connectivity index (χ1v) is 11.2. The van der Waals surface area contributed by atoms with Crippen molar-refractivity contribution in [3.8, 4) is 11.1 Å². The van der Waals surface area contributed by atoms with E-state index in [1.807, 2.05) is 24.3 Å². The average Bonchev–Trinajstić information content (AvgIpc) is 3.43. The highest BCUT2D eigenvalue weighted by Crippen LogP contribution is 2.36. The lowest BCUT2D eigenvalue weighted by Gasteiger charge is -2.27. The highest BCUT2D eigenvalue weighted by molar-refractivity contribution is 5.86. The molecule has 3 atom stereocenters. The Kier molecular flexibility index (Phi) is 6.31. The van der Waals surface area contributed by atoms with Gasteiger partial charge in [0.2, 0.25) is 11.8 Å². The number of hydrogen-bond donors (Lipinski definition) is 3. The van der Waals surface area contributed by atoms with Crippen molar-refractivity contribution in [2.24, 2.45) is 17.1 Å². The monoisotopic (exact) mass is 438 g/mol. The molecule has 170 valence electrons. The molecule has 2 aromatic carbocycles. The number of primary amides is 1. The number of nitrogens with zero attached hydrogens (tertiary/aromatic N) is 1. The topological polar surface area (TPSA) is 87.5 Å². The Hall–Kier alpha value is -2.77. The van der Waals surface area contributed by atoms with Gasteiger partial charge in [0.15, 0.2) is 0 Å². The molecule has 0 spiro atoms. The predicted octanol–water partition coefficient (Wildman–Crippen LogP) is 2.63. The molecule has 0 bridgehead atoms. The summed E-state index contributed by atoms with van der Waals surface area (Å²) in [4.78, 5) is 27.4. The first-order chi connectivity index (χ1) is 15.3. The van der Waals surface area contributed by atoms with Crippen molar-refractivity contribution < 1.29 is 14.0 Å². The Balaban J connectivity index is 1.48. The van der Waals surface area contributed by atoms with Gasteiger partial charge in [0, 0.05) is 19.1 Å². The van der Waals surface area contributed by atoms with Crippen LogP contribution in [0.5, 0.6) is 0 Å². The standard InChI is InChI=1S/C25H31FN4O2/c1-16(2)21-13-22(29-28-21)23(31)30-11-10-25(15-30,24(27)32)14-17-4-3-5-19(12-17)18-6-8-20(26)9-7-18/h3-9,12,16,21-22,28-29H,10-11,13-15H2,1-2H3,(H2,27,32). The first kappa shape index (κ1) is 22.4. The molecule has 2 saturated heterocycles. The largest absolute Gasteiger partial charge is 0.369 e. The summed E-state index contributed by atoms with van der Waals surface area (Å²) in [5.74, 6) is -0.210. The number of benzene rings is 2.